The summed E-state index contributed by atoms with van der Waals surface area (Å²) in [4.78, 5) is 32.2. The Morgan fingerprint density at radius 2 is 2.07 bits per heavy atom. The van der Waals surface area contributed by atoms with Crippen molar-refractivity contribution in [3.05, 3.63) is 11.7 Å². The highest BCUT2D eigenvalue weighted by Crippen LogP contribution is 2.26. The fourth-order valence-corrected chi connectivity index (χ4v) is 4.18. The SMILES string of the molecule is O=C1CCCN1CC(=O)N1CCC(c2nc(CCOCC3CCOCC3)no2)C1. The largest absolute Gasteiger partial charge is 0.381 e. The monoisotopic (exact) mass is 406 g/mol. The van der Waals surface area contributed by atoms with Gasteiger partial charge < -0.3 is 23.8 Å². The average Bonchev–Trinajstić information content (AvgIpc) is 3.47. The van der Waals surface area contributed by atoms with Gasteiger partial charge in [-0.15, -0.1) is 0 Å². The Labute approximate surface area is 170 Å². The van der Waals surface area contributed by atoms with Crippen LogP contribution in [-0.2, 0) is 25.5 Å². The number of hydrogen-bond acceptors (Lipinski definition) is 7. The van der Waals surface area contributed by atoms with Crippen LogP contribution in [0.4, 0.5) is 0 Å². The Bertz CT molecular complexity index is 703. The lowest BCUT2D eigenvalue weighted by Crippen LogP contribution is -2.39. The molecule has 1 atom stereocenters. The van der Waals surface area contributed by atoms with Crippen LogP contribution in [0.3, 0.4) is 0 Å². The minimum Gasteiger partial charge on any atom is -0.381 e. The van der Waals surface area contributed by atoms with Gasteiger partial charge >= 0.3 is 0 Å². The van der Waals surface area contributed by atoms with Gasteiger partial charge in [0.2, 0.25) is 17.7 Å². The van der Waals surface area contributed by atoms with Crippen LogP contribution in [0.5, 0.6) is 0 Å². The van der Waals surface area contributed by atoms with Crippen LogP contribution in [0.25, 0.3) is 0 Å². The average molecular weight is 406 g/mol. The van der Waals surface area contributed by atoms with Gasteiger partial charge in [-0.1, -0.05) is 5.16 Å². The summed E-state index contributed by atoms with van der Waals surface area (Å²) in [5, 5.41) is 4.07. The van der Waals surface area contributed by atoms with Crippen LogP contribution in [0.1, 0.15) is 49.7 Å². The summed E-state index contributed by atoms with van der Waals surface area (Å²) in [6.07, 6.45) is 4.96. The topological polar surface area (TPSA) is 98.0 Å². The highest BCUT2D eigenvalue weighted by Gasteiger charge is 2.33. The first-order chi connectivity index (χ1) is 14.2. The second kappa shape index (κ2) is 9.67. The van der Waals surface area contributed by atoms with E-state index in [2.05, 4.69) is 10.1 Å². The minimum absolute atomic E-state index is 0.00371. The number of aromatic nitrogens is 2. The lowest BCUT2D eigenvalue weighted by molar-refractivity contribution is -0.137. The van der Waals surface area contributed by atoms with Crippen molar-refractivity contribution in [3.8, 4) is 0 Å². The molecular formula is C20H30N4O5. The van der Waals surface area contributed by atoms with Crippen LogP contribution in [0.15, 0.2) is 4.52 Å². The molecule has 0 aromatic carbocycles. The first kappa shape index (κ1) is 20.3. The minimum atomic E-state index is 0.00371. The Balaban J connectivity index is 1.18. The Morgan fingerprint density at radius 3 is 2.86 bits per heavy atom. The first-order valence-electron chi connectivity index (χ1n) is 10.7. The third-order valence-electron chi connectivity index (χ3n) is 6.04. The molecule has 29 heavy (non-hydrogen) atoms. The molecule has 0 aliphatic carbocycles. The second-order valence-electron chi connectivity index (χ2n) is 8.17. The molecule has 160 valence electrons. The predicted octanol–water partition coefficient (Wildman–Crippen LogP) is 0.994. The molecule has 3 aliphatic rings. The van der Waals surface area contributed by atoms with E-state index in [1.807, 2.05) is 0 Å². The van der Waals surface area contributed by atoms with Crippen molar-refractivity contribution in [2.75, 3.05) is 52.6 Å². The van der Waals surface area contributed by atoms with E-state index < -0.39 is 0 Å². The van der Waals surface area contributed by atoms with Gasteiger partial charge in [0, 0.05) is 52.3 Å². The summed E-state index contributed by atoms with van der Waals surface area (Å²) < 4.78 is 16.6. The highest BCUT2D eigenvalue weighted by atomic mass is 16.5. The zero-order valence-corrected chi connectivity index (χ0v) is 16.9. The molecule has 9 nitrogen and oxygen atoms in total. The predicted molar refractivity (Wildman–Crippen MR) is 102 cm³/mol. The Hall–Kier alpha value is -2.00. The quantitative estimate of drug-likeness (QED) is 0.594. The van der Waals surface area contributed by atoms with Crippen molar-refractivity contribution in [2.45, 2.75) is 44.4 Å². The molecule has 0 radical (unpaired) electrons. The first-order valence-corrected chi connectivity index (χ1v) is 10.7. The van der Waals surface area contributed by atoms with Crippen molar-refractivity contribution in [1.82, 2.24) is 19.9 Å². The van der Waals surface area contributed by atoms with Gasteiger partial charge in [0.1, 0.15) is 0 Å². The third kappa shape index (κ3) is 5.33. The maximum absolute atomic E-state index is 12.5. The van der Waals surface area contributed by atoms with Gasteiger partial charge in [-0.25, -0.2) is 0 Å². The van der Waals surface area contributed by atoms with E-state index in [0.29, 0.717) is 56.7 Å². The van der Waals surface area contributed by atoms with Crippen molar-refractivity contribution in [1.29, 1.82) is 0 Å². The lowest BCUT2D eigenvalue weighted by Gasteiger charge is -2.21. The fraction of sp³-hybridized carbons (Fsp3) is 0.800. The standard InChI is InChI=1S/C20H30N4O5/c25-18-2-1-7-23(18)13-19(26)24-8-3-16(12-24)20-21-17(22-29-20)6-11-28-14-15-4-9-27-10-5-15/h15-16H,1-14H2. The van der Waals surface area contributed by atoms with Gasteiger partial charge in [-0.05, 0) is 31.6 Å². The molecular weight excluding hydrogens is 376 g/mol. The maximum atomic E-state index is 12.5. The smallest absolute Gasteiger partial charge is 0.242 e. The summed E-state index contributed by atoms with van der Waals surface area (Å²) in [6.45, 7) is 5.11. The van der Waals surface area contributed by atoms with Gasteiger partial charge in [-0.3, -0.25) is 9.59 Å². The van der Waals surface area contributed by atoms with Crippen LogP contribution in [-0.4, -0.2) is 84.4 Å². The van der Waals surface area contributed by atoms with E-state index in [0.717, 1.165) is 45.5 Å². The zero-order chi connectivity index (χ0) is 20.1. The van der Waals surface area contributed by atoms with Crippen molar-refractivity contribution < 1.29 is 23.6 Å². The number of nitrogens with zero attached hydrogens (tertiary/aromatic N) is 4. The zero-order valence-electron chi connectivity index (χ0n) is 16.9. The van der Waals surface area contributed by atoms with E-state index in [4.69, 9.17) is 14.0 Å². The van der Waals surface area contributed by atoms with E-state index in [1.54, 1.807) is 9.80 Å². The van der Waals surface area contributed by atoms with Gasteiger partial charge in [0.25, 0.3) is 0 Å². The van der Waals surface area contributed by atoms with Crippen molar-refractivity contribution >= 4 is 11.8 Å². The molecule has 3 fully saturated rings. The summed E-state index contributed by atoms with van der Waals surface area (Å²) in [6, 6.07) is 0. The molecule has 0 bridgehead atoms. The van der Waals surface area contributed by atoms with Crippen molar-refractivity contribution in [2.24, 2.45) is 5.92 Å². The number of carbonyl (C=O) groups excluding carboxylic acids is 2. The van der Waals surface area contributed by atoms with Crippen LogP contribution in [0.2, 0.25) is 0 Å². The molecule has 4 rings (SSSR count). The summed E-state index contributed by atoms with van der Waals surface area (Å²) in [7, 11) is 0. The molecule has 1 aromatic rings. The molecule has 1 aromatic heterocycles. The molecule has 0 N–H and O–H groups in total. The third-order valence-corrected chi connectivity index (χ3v) is 6.04. The number of ether oxygens (including phenoxy) is 2. The molecule has 2 amide bonds. The molecule has 9 heteroatoms. The molecule has 0 spiro atoms. The van der Waals surface area contributed by atoms with Gasteiger partial charge in [0.05, 0.1) is 19.1 Å². The number of carbonyl (C=O) groups is 2. The summed E-state index contributed by atoms with van der Waals surface area (Å²) in [5.41, 5.74) is 0. The maximum Gasteiger partial charge on any atom is 0.242 e. The van der Waals surface area contributed by atoms with E-state index >= 15 is 0 Å². The number of rotatable bonds is 8. The Morgan fingerprint density at radius 1 is 1.21 bits per heavy atom. The fourth-order valence-electron chi connectivity index (χ4n) is 4.18. The van der Waals surface area contributed by atoms with Gasteiger partial charge in [-0.2, -0.15) is 4.98 Å². The molecule has 1 unspecified atom stereocenters. The summed E-state index contributed by atoms with van der Waals surface area (Å²) in [5.74, 6) is 1.98. The van der Waals surface area contributed by atoms with E-state index in [-0.39, 0.29) is 24.3 Å². The number of likely N-dealkylation sites (tertiary alicyclic amines) is 2. The number of hydrogen-bond donors (Lipinski definition) is 0. The summed E-state index contributed by atoms with van der Waals surface area (Å²) >= 11 is 0. The van der Waals surface area contributed by atoms with Crippen LogP contribution >= 0.6 is 0 Å². The lowest BCUT2D eigenvalue weighted by atomic mass is 10.0. The highest BCUT2D eigenvalue weighted by molar-refractivity contribution is 5.86. The van der Waals surface area contributed by atoms with Gasteiger partial charge in [0.15, 0.2) is 5.82 Å². The molecule has 0 saturated carbocycles. The van der Waals surface area contributed by atoms with Crippen molar-refractivity contribution in [3.63, 3.8) is 0 Å². The van der Waals surface area contributed by atoms with E-state index in [9.17, 15) is 9.59 Å². The second-order valence-corrected chi connectivity index (χ2v) is 8.17. The molecule has 3 saturated heterocycles. The molecule has 3 aliphatic heterocycles. The van der Waals surface area contributed by atoms with Crippen LogP contribution < -0.4 is 0 Å². The molecule has 4 heterocycles. The Kier molecular flexibility index (Phi) is 6.76. The van der Waals surface area contributed by atoms with E-state index in [1.165, 1.54) is 0 Å². The van der Waals surface area contributed by atoms with Crippen LogP contribution in [0, 0.1) is 5.92 Å². The number of amides is 2. The normalized spacial score (nSPS) is 23.3.